The van der Waals surface area contributed by atoms with Gasteiger partial charge >= 0.3 is 0 Å². The zero-order chi connectivity index (χ0) is 17.6. The lowest BCUT2D eigenvalue weighted by molar-refractivity contribution is -0.115. The molecule has 0 saturated heterocycles. The van der Waals surface area contributed by atoms with Crippen molar-refractivity contribution in [1.29, 1.82) is 0 Å². The van der Waals surface area contributed by atoms with E-state index >= 15 is 0 Å². The molecule has 25 heavy (non-hydrogen) atoms. The predicted octanol–water partition coefficient (Wildman–Crippen LogP) is 5.08. The summed E-state index contributed by atoms with van der Waals surface area (Å²) >= 11 is 3.50. The van der Waals surface area contributed by atoms with Crippen LogP contribution >= 0.6 is 15.9 Å². The first-order valence-electron chi connectivity index (χ1n) is 7.93. The fourth-order valence-electron chi connectivity index (χ4n) is 2.45. The third kappa shape index (κ3) is 4.90. The first kappa shape index (κ1) is 17.2. The Morgan fingerprint density at radius 3 is 2.64 bits per heavy atom. The topological polar surface area (TPSA) is 54.0 Å². The summed E-state index contributed by atoms with van der Waals surface area (Å²) in [5, 5.41) is 6.10. The van der Waals surface area contributed by atoms with E-state index < -0.39 is 0 Å². The highest BCUT2D eigenvalue weighted by Gasteiger charge is 2.06. The highest BCUT2D eigenvalue weighted by atomic mass is 79.9. The van der Waals surface area contributed by atoms with E-state index in [0.29, 0.717) is 12.2 Å². The molecule has 0 aliphatic heterocycles. The molecule has 1 heterocycles. The van der Waals surface area contributed by atoms with Crippen molar-refractivity contribution >= 4 is 39.0 Å². The van der Waals surface area contributed by atoms with Gasteiger partial charge in [-0.1, -0.05) is 42.0 Å². The molecule has 0 saturated carbocycles. The molecule has 0 radical (unpaired) electrons. The maximum Gasteiger partial charge on any atom is 0.229 e. The minimum Gasteiger partial charge on any atom is -0.353 e. The lowest BCUT2D eigenvalue weighted by Gasteiger charge is -2.09. The van der Waals surface area contributed by atoms with Crippen molar-refractivity contribution < 1.29 is 4.79 Å². The number of hydrogen-bond acceptors (Lipinski definition) is 3. The largest absolute Gasteiger partial charge is 0.353 e. The van der Waals surface area contributed by atoms with Crippen LogP contribution in [0.2, 0.25) is 0 Å². The van der Waals surface area contributed by atoms with Gasteiger partial charge in [-0.25, -0.2) is 4.98 Å². The number of aryl methyl sites for hydroxylation is 1. The maximum atomic E-state index is 12.1. The number of hydrogen-bond donors (Lipinski definition) is 2. The van der Waals surface area contributed by atoms with Crippen molar-refractivity contribution in [1.82, 2.24) is 4.98 Å². The third-order valence-corrected chi connectivity index (χ3v) is 4.32. The highest BCUT2D eigenvalue weighted by Crippen LogP contribution is 2.25. The molecule has 1 aromatic heterocycles. The van der Waals surface area contributed by atoms with E-state index in [4.69, 9.17) is 0 Å². The fourth-order valence-corrected chi connectivity index (χ4v) is 2.84. The van der Waals surface area contributed by atoms with Gasteiger partial charge in [-0.2, -0.15) is 0 Å². The van der Waals surface area contributed by atoms with Gasteiger partial charge in [0.1, 0.15) is 5.82 Å². The van der Waals surface area contributed by atoms with Crippen LogP contribution in [0.15, 0.2) is 71.3 Å². The molecule has 0 aliphatic carbocycles. The number of halogens is 1. The average Bonchev–Trinajstić information content (AvgIpc) is 2.58. The van der Waals surface area contributed by atoms with E-state index in [1.807, 2.05) is 61.5 Å². The van der Waals surface area contributed by atoms with Crippen LogP contribution in [0, 0.1) is 6.92 Å². The molecule has 0 unspecified atom stereocenters. The first-order chi connectivity index (χ1) is 12.1. The zero-order valence-corrected chi connectivity index (χ0v) is 15.4. The van der Waals surface area contributed by atoms with Crippen LogP contribution in [0.5, 0.6) is 0 Å². The van der Waals surface area contributed by atoms with Gasteiger partial charge in [-0.15, -0.1) is 0 Å². The molecule has 3 rings (SSSR count). The standard InChI is InChI=1S/C20H18BrN3O/c1-14-5-4-6-15(11-14)12-20(25)24-19-10-9-16(13-22-19)23-18-8-3-2-7-17(18)21/h2-11,13,23H,12H2,1H3,(H,22,24,25). The van der Waals surface area contributed by atoms with Crippen LogP contribution < -0.4 is 10.6 Å². The number of nitrogens with one attached hydrogen (secondary N) is 2. The van der Waals surface area contributed by atoms with Gasteiger partial charge in [0.25, 0.3) is 0 Å². The second-order valence-corrected chi connectivity index (χ2v) is 6.61. The molecule has 5 heteroatoms. The number of aromatic nitrogens is 1. The van der Waals surface area contributed by atoms with E-state index in [0.717, 1.165) is 27.0 Å². The maximum absolute atomic E-state index is 12.1. The Morgan fingerprint density at radius 2 is 1.92 bits per heavy atom. The Morgan fingerprint density at radius 1 is 1.08 bits per heavy atom. The summed E-state index contributed by atoms with van der Waals surface area (Å²) in [4.78, 5) is 16.4. The lowest BCUT2D eigenvalue weighted by atomic mass is 10.1. The van der Waals surface area contributed by atoms with Gasteiger partial charge in [0.2, 0.25) is 5.91 Å². The average molecular weight is 396 g/mol. The van der Waals surface area contributed by atoms with Crippen molar-refractivity contribution in [2.45, 2.75) is 13.3 Å². The molecule has 4 nitrogen and oxygen atoms in total. The quantitative estimate of drug-likeness (QED) is 0.633. The van der Waals surface area contributed by atoms with Crippen molar-refractivity contribution in [3.8, 4) is 0 Å². The molecule has 2 aromatic carbocycles. The Labute approximate surface area is 155 Å². The molecule has 1 amide bonds. The number of rotatable bonds is 5. The van der Waals surface area contributed by atoms with Crippen molar-refractivity contribution in [3.63, 3.8) is 0 Å². The molecule has 0 bridgehead atoms. The van der Waals surface area contributed by atoms with Crippen LogP contribution in [-0.4, -0.2) is 10.9 Å². The molecule has 3 aromatic rings. The molecule has 2 N–H and O–H groups in total. The number of benzene rings is 2. The SMILES string of the molecule is Cc1cccc(CC(=O)Nc2ccc(Nc3ccccc3Br)cn2)c1. The van der Waals surface area contributed by atoms with Crippen LogP contribution in [0.25, 0.3) is 0 Å². The normalized spacial score (nSPS) is 10.3. The van der Waals surface area contributed by atoms with E-state index in [-0.39, 0.29) is 5.91 Å². The minimum atomic E-state index is -0.0791. The van der Waals surface area contributed by atoms with Gasteiger partial charge in [0.15, 0.2) is 0 Å². The summed E-state index contributed by atoms with van der Waals surface area (Å²) in [7, 11) is 0. The van der Waals surface area contributed by atoms with Crippen LogP contribution in [0.1, 0.15) is 11.1 Å². The van der Waals surface area contributed by atoms with Crippen LogP contribution in [0.3, 0.4) is 0 Å². The van der Waals surface area contributed by atoms with Gasteiger partial charge in [-0.05, 0) is 52.7 Å². The number of anilines is 3. The third-order valence-electron chi connectivity index (χ3n) is 3.63. The summed E-state index contributed by atoms with van der Waals surface area (Å²) < 4.78 is 0.977. The van der Waals surface area contributed by atoms with Crippen molar-refractivity contribution in [2.75, 3.05) is 10.6 Å². The summed E-state index contributed by atoms with van der Waals surface area (Å²) in [6.07, 6.45) is 2.03. The van der Waals surface area contributed by atoms with Crippen molar-refractivity contribution in [3.05, 3.63) is 82.5 Å². The van der Waals surface area contributed by atoms with E-state index in [2.05, 4.69) is 31.5 Å². The molecule has 126 valence electrons. The summed E-state index contributed by atoms with van der Waals surface area (Å²) in [5.41, 5.74) is 3.94. The molecule has 0 aliphatic rings. The van der Waals surface area contributed by atoms with Crippen LogP contribution in [0.4, 0.5) is 17.2 Å². The molecule has 0 atom stereocenters. The highest BCUT2D eigenvalue weighted by molar-refractivity contribution is 9.10. The summed E-state index contributed by atoms with van der Waals surface area (Å²) in [6.45, 7) is 2.01. The second-order valence-electron chi connectivity index (χ2n) is 5.75. The van der Waals surface area contributed by atoms with Gasteiger partial charge < -0.3 is 10.6 Å². The number of amides is 1. The number of carbonyl (C=O) groups is 1. The predicted molar refractivity (Wildman–Crippen MR) is 105 cm³/mol. The molecular weight excluding hydrogens is 378 g/mol. The minimum absolute atomic E-state index is 0.0791. The first-order valence-corrected chi connectivity index (χ1v) is 8.72. The van der Waals surface area contributed by atoms with E-state index in [9.17, 15) is 4.79 Å². The van der Waals surface area contributed by atoms with Gasteiger partial charge in [0.05, 0.1) is 24.0 Å². The van der Waals surface area contributed by atoms with Crippen LogP contribution in [-0.2, 0) is 11.2 Å². The lowest BCUT2D eigenvalue weighted by Crippen LogP contribution is -2.15. The Balaban J connectivity index is 1.60. The molecule has 0 spiro atoms. The molecule has 0 fully saturated rings. The number of pyridine rings is 1. The number of nitrogens with zero attached hydrogens (tertiary/aromatic N) is 1. The summed E-state index contributed by atoms with van der Waals surface area (Å²) in [6, 6.07) is 19.5. The van der Waals surface area contributed by atoms with E-state index in [1.54, 1.807) is 12.3 Å². The number of para-hydroxylation sites is 1. The monoisotopic (exact) mass is 395 g/mol. The Bertz CT molecular complexity index is 878. The zero-order valence-electron chi connectivity index (χ0n) is 13.8. The summed E-state index contributed by atoms with van der Waals surface area (Å²) in [5.74, 6) is 0.458. The molecular formula is C20H18BrN3O. The fraction of sp³-hybridized carbons (Fsp3) is 0.100. The second kappa shape index (κ2) is 7.94. The van der Waals surface area contributed by atoms with Gasteiger partial charge in [-0.3, -0.25) is 4.79 Å². The van der Waals surface area contributed by atoms with Crippen molar-refractivity contribution in [2.24, 2.45) is 0 Å². The van der Waals surface area contributed by atoms with Gasteiger partial charge in [0, 0.05) is 4.47 Å². The smallest absolute Gasteiger partial charge is 0.229 e. The Hall–Kier alpha value is -2.66. The Kier molecular flexibility index (Phi) is 5.46. The van der Waals surface area contributed by atoms with E-state index in [1.165, 1.54) is 0 Å². The number of carbonyl (C=O) groups excluding carboxylic acids is 1.